The third-order valence-corrected chi connectivity index (χ3v) is 3.79. The summed E-state index contributed by atoms with van der Waals surface area (Å²) in [5.41, 5.74) is 4.02. The molecule has 102 valence electrons. The van der Waals surface area contributed by atoms with Gasteiger partial charge in [0.25, 0.3) is 0 Å². The van der Waals surface area contributed by atoms with Crippen molar-refractivity contribution < 1.29 is 9.18 Å². The van der Waals surface area contributed by atoms with E-state index in [1.54, 1.807) is 19.1 Å². The van der Waals surface area contributed by atoms with Gasteiger partial charge in [-0.25, -0.2) is 4.39 Å². The summed E-state index contributed by atoms with van der Waals surface area (Å²) in [6.45, 7) is 3.45. The second kappa shape index (κ2) is 5.17. The minimum Gasteiger partial charge on any atom is -0.312 e. The second-order valence-electron chi connectivity index (χ2n) is 5.20. The molecule has 1 N–H and O–H groups in total. The van der Waals surface area contributed by atoms with E-state index in [9.17, 15) is 9.18 Å². The van der Waals surface area contributed by atoms with Crippen molar-refractivity contribution in [2.75, 3.05) is 6.54 Å². The maximum Gasteiger partial charge on any atom is 0.193 e. The molecule has 2 aromatic rings. The molecule has 0 aliphatic carbocycles. The summed E-state index contributed by atoms with van der Waals surface area (Å²) in [6, 6.07) is 10.4. The molecular weight excluding hydrogens is 253 g/mol. The summed E-state index contributed by atoms with van der Waals surface area (Å²) in [5.74, 6) is -0.465. The van der Waals surface area contributed by atoms with Crippen LogP contribution in [0.15, 0.2) is 36.4 Å². The molecule has 0 saturated carbocycles. The van der Waals surface area contributed by atoms with Crippen molar-refractivity contribution >= 4 is 5.78 Å². The predicted octanol–water partition coefficient (Wildman–Crippen LogP) is 3.01. The number of carbonyl (C=O) groups excluding carboxylic acids is 1. The van der Waals surface area contributed by atoms with Crippen molar-refractivity contribution in [3.05, 3.63) is 70.0 Å². The third-order valence-electron chi connectivity index (χ3n) is 3.79. The summed E-state index contributed by atoms with van der Waals surface area (Å²) in [7, 11) is 0. The highest BCUT2D eigenvalue weighted by atomic mass is 19.1. The van der Waals surface area contributed by atoms with Gasteiger partial charge in [-0.15, -0.1) is 0 Å². The van der Waals surface area contributed by atoms with E-state index in [-0.39, 0.29) is 11.6 Å². The molecule has 0 spiro atoms. The van der Waals surface area contributed by atoms with Crippen LogP contribution in [0.4, 0.5) is 4.39 Å². The Bertz CT molecular complexity index is 679. The molecule has 0 radical (unpaired) electrons. The monoisotopic (exact) mass is 269 g/mol. The highest BCUT2D eigenvalue weighted by Gasteiger charge is 2.14. The fraction of sp³-hybridized carbons (Fsp3) is 0.235. The molecule has 0 amide bonds. The Kier molecular flexibility index (Phi) is 3.36. The number of nitrogens with one attached hydrogen (secondary N) is 1. The van der Waals surface area contributed by atoms with Gasteiger partial charge >= 0.3 is 0 Å². The van der Waals surface area contributed by atoms with Crippen molar-refractivity contribution in [3.63, 3.8) is 0 Å². The topological polar surface area (TPSA) is 29.1 Å². The first kappa shape index (κ1) is 13.0. The van der Waals surface area contributed by atoms with Gasteiger partial charge in [-0.1, -0.05) is 24.3 Å². The van der Waals surface area contributed by atoms with E-state index >= 15 is 0 Å². The number of benzene rings is 2. The minimum absolute atomic E-state index is 0.128. The smallest absolute Gasteiger partial charge is 0.193 e. The fourth-order valence-electron chi connectivity index (χ4n) is 2.52. The molecule has 0 unspecified atom stereocenters. The Balaban J connectivity index is 1.95. The maximum absolute atomic E-state index is 13.6. The Hall–Kier alpha value is -2.00. The predicted molar refractivity (Wildman–Crippen MR) is 76.4 cm³/mol. The number of halogens is 1. The van der Waals surface area contributed by atoms with Gasteiger partial charge in [0.15, 0.2) is 5.78 Å². The fourth-order valence-corrected chi connectivity index (χ4v) is 2.52. The first-order valence-corrected chi connectivity index (χ1v) is 6.78. The van der Waals surface area contributed by atoms with Gasteiger partial charge < -0.3 is 5.32 Å². The highest BCUT2D eigenvalue weighted by molar-refractivity contribution is 6.09. The number of carbonyl (C=O) groups is 1. The van der Waals surface area contributed by atoms with Crippen molar-refractivity contribution in [1.29, 1.82) is 0 Å². The molecule has 20 heavy (non-hydrogen) atoms. The summed E-state index contributed by atoms with van der Waals surface area (Å²) in [6.07, 6.45) is 0.989. The lowest BCUT2D eigenvalue weighted by molar-refractivity contribution is 0.103. The van der Waals surface area contributed by atoms with E-state index in [0.717, 1.165) is 25.1 Å². The van der Waals surface area contributed by atoms with Crippen LogP contribution in [0.3, 0.4) is 0 Å². The zero-order chi connectivity index (χ0) is 14.1. The average molecular weight is 269 g/mol. The lowest BCUT2D eigenvalue weighted by atomic mass is 9.95. The average Bonchev–Trinajstić information content (AvgIpc) is 2.49. The summed E-state index contributed by atoms with van der Waals surface area (Å²) in [5, 5.41) is 3.29. The van der Waals surface area contributed by atoms with Gasteiger partial charge in [0.2, 0.25) is 0 Å². The molecule has 0 atom stereocenters. The van der Waals surface area contributed by atoms with E-state index in [4.69, 9.17) is 0 Å². The molecule has 0 bridgehead atoms. The van der Waals surface area contributed by atoms with E-state index in [1.165, 1.54) is 11.6 Å². The molecule has 1 aliphatic heterocycles. The molecule has 3 rings (SSSR count). The molecule has 0 aromatic heterocycles. The molecule has 1 aliphatic rings. The number of aryl methyl sites for hydroxylation is 1. The van der Waals surface area contributed by atoms with Crippen molar-refractivity contribution in [3.8, 4) is 0 Å². The van der Waals surface area contributed by atoms with Gasteiger partial charge in [-0.2, -0.15) is 0 Å². The molecule has 2 aromatic carbocycles. The minimum atomic E-state index is -0.338. The number of fused-ring (bicyclic) bond motifs is 1. The summed E-state index contributed by atoms with van der Waals surface area (Å²) < 4.78 is 13.6. The van der Waals surface area contributed by atoms with Gasteiger partial charge in [0.05, 0.1) is 0 Å². The number of rotatable bonds is 2. The lowest BCUT2D eigenvalue weighted by Crippen LogP contribution is -2.23. The van der Waals surface area contributed by atoms with Crippen molar-refractivity contribution in [1.82, 2.24) is 5.32 Å². The van der Waals surface area contributed by atoms with Gasteiger partial charge in [0, 0.05) is 17.7 Å². The van der Waals surface area contributed by atoms with Crippen LogP contribution >= 0.6 is 0 Å². The Morgan fingerprint density at radius 2 is 1.85 bits per heavy atom. The van der Waals surface area contributed by atoms with E-state index in [0.29, 0.717) is 16.7 Å². The molecule has 0 saturated heterocycles. The van der Waals surface area contributed by atoms with Crippen LogP contribution in [0, 0.1) is 12.7 Å². The standard InChI is InChI=1S/C17H16FNO/c1-11-2-3-14(9-16(11)18)17(20)13-5-4-12-6-7-19-10-15(12)8-13/h2-5,8-9,19H,6-7,10H2,1H3. The normalized spacial score (nSPS) is 13.9. The quantitative estimate of drug-likeness (QED) is 0.849. The number of ketones is 1. The van der Waals surface area contributed by atoms with Crippen LogP contribution in [0.1, 0.15) is 32.6 Å². The van der Waals surface area contributed by atoms with Gasteiger partial charge in [0.1, 0.15) is 5.82 Å². The largest absolute Gasteiger partial charge is 0.312 e. The van der Waals surface area contributed by atoms with Gasteiger partial charge in [-0.3, -0.25) is 4.79 Å². The van der Waals surface area contributed by atoms with Crippen molar-refractivity contribution in [2.45, 2.75) is 19.9 Å². The highest BCUT2D eigenvalue weighted by Crippen LogP contribution is 2.19. The molecular formula is C17H16FNO. The number of hydrogen-bond acceptors (Lipinski definition) is 2. The van der Waals surface area contributed by atoms with Crippen LogP contribution in [-0.4, -0.2) is 12.3 Å². The van der Waals surface area contributed by atoms with Crippen LogP contribution in [0.25, 0.3) is 0 Å². The second-order valence-corrected chi connectivity index (χ2v) is 5.20. The first-order chi connectivity index (χ1) is 9.65. The van der Waals surface area contributed by atoms with Crippen molar-refractivity contribution in [2.24, 2.45) is 0 Å². The number of hydrogen-bond donors (Lipinski definition) is 1. The van der Waals surface area contributed by atoms with Crippen LogP contribution in [0.5, 0.6) is 0 Å². The third kappa shape index (κ3) is 2.37. The summed E-state index contributed by atoms with van der Waals surface area (Å²) in [4.78, 5) is 12.4. The van der Waals surface area contributed by atoms with Gasteiger partial charge in [-0.05, 0) is 48.7 Å². The Morgan fingerprint density at radius 3 is 2.65 bits per heavy atom. The van der Waals surface area contributed by atoms with Crippen LogP contribution in [0.2, 0.25) is 0 Å². The maximum atomic E-state index is 13.6. The van der Waals surface area contributed by atoms with E-state index in [1.807, 2.05) is 18.2 Å². The molecule has 3 heteroatoms. The Morgan fingerprint density at radius 1 is 1.10 bits per heavy atom. The van der Waals surface area contributed by atoms with Crippen LogP contribution in [-0.2, 0) is 13.0 Å². The SMILES string of the molecule is Cc1ccc(C(=O)c2ccc3c(c2)CNCC3)cc1F. The zero-order valence-corrected chi connectivity index (χ0v) is 11.4. The lowest BCUT2D eigenvalue weighted by Gasteiger charge is -2.17. The van der Waals surface area contributed by atoms with E-state index in [2.05, 4.69) is 5.32 Å². The molecule has 1 heterocycles. The van der Waals surface area contributed by atoms with Crippen LogP contribution < -0.4 is 5.32 Å². The first-order valence-electron chi connectivity index (χ1n) is 6.78. The molecule has 2 nitrogen and oxygen atoms in total. The zero-order valence-electron chi connectivity index (χ0n) is 11.4. The molecule has 0 fully saturated rings. The summed E-state index contributed by atoms with van der Waals surface area (Å²) >= 11 is 0. The van der Waals surface area contributed by atoms with E-state index < -0.39 is 0 Å². The Labute approximate surface area is 117 Å².